The van der Waals surface area contributed by atoms with Gasteiger partial charge in [-0.1, -0.05) is 0 Å². The topological polar surface area (TPSA) is 49.8 Å². The molecule has 2 aliphatic rings. The molecule has 2 saturated heterocycles. The van der Waals surface area contributed by atoms with Crippen LogP contribution in [0.25, 0.3) is 0 Å². The number of hydrogen-bond acceptors (Lipinski definition) is 3. The third-order valence-corrected chi connectivity index (χ3v) is 2.79. The molecule has 12 heavy (non-hydrogen) atoms. The molecule has 0 aromatic rings. The molecule has 2 aliphatic heterocycles. The Balaban J connectivity index is 2.05. The van der Waals surface area contributed by atoms with E-state index >= 15 is 0 Å². The first-order chi connectivity index (χ1) is 5.79. The molecule has 0 aliphatic carbocycles. The standard InChI is InChI=1S/C8H13NO3/c10-8(11)6-1-2-9-3-4-12-5-7(6)9/h6-7H,1-5H2,(H,10,11). The third-order valence-electron chi connectivity index (χ3n) is 2.79. The Hall–Kier alpha value is -0.610. The van der Waals surface area contributed by atoms with Gasteiger partial charge in [0.15, 0.2) is 0 Å². The van der Waals surface area contributed by atoms with Gasteiger partial charge in [0.25, 0.3) is 0 Å². The van der Waals surface area contributed by atoms with Gasteiger partial charge in [-0.2, -0.15) is 0 Å². The van der Waals surface area contributed by atoms with Gasteiger partial charge in [-0.25, -0.2) is 0 Å². The normalized spacial score (nSPS) is 36.3. The smallest absolute Gasteiger partial charge is 0.308 e. The van der Waals surface area contributed by atoms with E-state index in [1.807, 2.05) is 0 Å². The number of aliphatic carboxylic acids is 1. The summed E-state index contributed by atoms with van der Waals surface area (Å²) >= 11 is 0. The van der Waals surface area contributed by atoms with Crippen molar-refractivity contribution in [3.8, 4) is 0 Å². The van der Waals surface area contributed by atoms with Crippen molar-refractivity contribution in [1.29, 1.82) is 0 Å². The van der Waals surface area contributed by atoms with Gasteiger partial charge < -0.3 is 9.84 Å². The van der Waals surface area contributed by atoms with E-state index in [0.29, 0.717) is 6.61 Å². The molecular formula is C8H13NO3. The molecule has 68 valence electrons. The van der Waals surface area contributed by atoms with E-state index in [9.17, 15) is 4.79 Å². The fourth-order valence-electron chi connectivity index (χ4n) is 2.09. The summed E-state index contributed by atoms with van der Waals surface area (Å²) in [6, 6.07) is 0.135. The van der Waals surface area contributed by atoms with Crippen LogP contribution in [0.5, 0.6) is 0 Å². The quantitative estimate of drug-likeness (QED) is 0.593. The first-order valence-electron chi connectivity index (χ1n) is 4.33. The molecule has 2 fully saturated rings. The Kier molecular flexibility index (Phi) is 2.02. The molecule has 2 rings (SSSR count). The summed E-state index contributed by atoms with van der Waals surface area (Å²) in [6.45, 7) is 3.17. The fraction of sp³-hybridized carbons (Fsp3) is 0.875. The van der Waals surface area contributed by atoms with Gasteiger partial charge in [-0.15, -0.1) is 0 Å². The molecule has 4 heteroatoms. The lowest BCUT2D eigenvalue weighted by molar-refractivity contribution is -0.144. The minimum Gasteiger partial charge on any atom is -0.481 e. The molecule has 4 nitrogen and oxygen atoms in total. The second-order valence-electron chi connectivity index (χ2n) is 3.41. The lowest BCUT2D eigenvalue weighted by Gasteiger charge is -2.30. The van der Waals surface area contributed by atoms with Gasteiger partial charge in [0, 0.05) is 12.6 Å². The van der Waals surface area contributed by atoms with Crippen LogP contribution in [0, 0.1) is 5.92 Å². The van der Waals surface area contributed by atoms with E-state index in [1.165, 1.54) is 0 Å². The predicted octanol–water partition coefficient (Wildman–Crippen LogP) is -0.208. The molecule has 2 atom stereocenters. The Morgan fingerprint density at radius 1 is 1.50 bits per heavy atom. The summed E-state index contributed by atoms with van der Waals surface area (Å²) in [5, 5.41) is 8.87. The van der Waals surface area contributed by atoms with E-state index in [1.54, 1.807) is 0 Å². The average molecular weight is 171 g/mol. The van der Waals surface area contributed by atoms with Crippen molar-refractivity contribution >= 4 is 5.97 Å². The molecular weight excluding hydrogens is 158 g/mol. The molecule has 0 amide bonds. The minimum atomic E-state index is -0.673. The second-order valence-corrected chi connectivity index (χ2v) is 3.41. The molecule has 0 radical (unpaired) electrons. The van der Waals surface area contributed by atoms with Crippen LogP contribution in [0.15, 0.2) is 0 Å². The summed E-state index contributed by atoms with van der Waals surface area (Å²) in [5.74, 6) is -0.877. The number of fused-ring (bicyclic) bond motifs is 1. The average Bonchev–Trinajstić information content (AvgIpc) is 2.47. The van der Waals surface area contributed by atoms with Crippen molar-refractivity contribution in [1.82, 2.24) is 4.90 Å². The zero-order valence-electron chi connectivity index (χ0n) is 6.90. The van der Waals surface area contributed by atoms with Crippen LogP contribution in [-0.4, -0.2) is 48.3 Å². The third kappa shape index (κ3) is 1.21. The number of hydrogen-bond donors (Lipinski definition) is 1. The zero-order valence-corrected chi connectivity index (χ0v) is 6.90. The number of carboxylic acids is 1. The summed E-state index contributed by atoms with van der Waals surface area (Å²) < 4.78 is 5.26. The summed E-state index contributed by atoms with van der Waals surface area (Å²) in [7, 11) is 0. The lowest BCUT2D eigenvalue weighted by atomic mass is 10.0. The van der Waals surface area contributed by atoms with Crippen LogP contribution >= 0.6 is 0 Å². The highest BCUT2D eigenvalue weighted by Crippen LogP contribution is 2.26. The Morgan fingerprint density at radius 2 is 2.33 bits per heavy atom. The highest BCUT2D eigenvalue weighted by Gasteiger charge is 2.40. The van der Waals surface area contributed by atoms with Crippen LogP contribution < -0.4 is 0 Å². The Bertz CT molecular complexity index is 195. The number of nitrogens with zero attached hydrogens (tertiary/aromatic N) is 1. The van der Waals surface area contributed by atoms with Crippen LogP contribution in [0.3, 0.4) is 0 Å². The van der Waals surface area contributed by atoms with E-state index in [-0.39, 0.29) is 12.0 Å². The molecule has 0 bridgehead atoms. The van der Waals surface area contributed by atoms with Crippen molar-refractivity contribution in [2.24, 2.45) is 5.92 Å². The molecule has 0 aromatic carbocycles. The fourth-order valence-corrected chi connectivity index (χ4v) is 2.09. The molecule has 2 heterocycles. The van der Waals surface area contributed by atoms with Crippen molar-refractivity contribution < 1.29 is 14.6 Å². The molecule has 2 unspecified atom stereocenters. The van der Waals surface area contributed by atoms with Gasteiger partial charge >= 0.3 is 5.97 Å². The van der Waals surface area contributed by atoms with Crippen LogP contribution in [0.2, 0.25) is 0 Å². The maximum absolute atomic E-state index is 10.8. The van der Waals surface area contributed by atoms with Gasteiger partial charge in [0.05, 0.1) is 19.1 Å². The van der Waals surface area contributed by atoms with Gasteiger partial charge in [-0.3, -0.25) is 9.69 Å². The summed E-state index contributed by atoms with van der Waals surface area (Å²) in [6.07, 6.45) is 0.781. The van der Waals surface area contributed by atoms with E-state index in [0.717, 1.165) is 26.1 Å². The van der Waals surface area contributed by atoms with Crippen LogP contribution in [0.4, 0.5) is 0 Å². The number of carbonyl (C=O) groups is 1. The first-order valence-corrected chi connectivity index (χ1v) is 4.33. The minimum absolute atomic E-state index is 0.135. The number of rotatable bonds is 1. The van der Waals surface area contributed by atoms with Crippen molar-refractivity contribution in [2.45, 2.75) is 12.5 Å². The number of ether oxygens (including phenoxy) is 1. The molecule has 0 saturated carbocycles. The van der Waals surface area contributed by atoms with Gasteiger partial charge in [0.2, 0.25) is 0 Å². The zero-order chi connectivity index (χ0) is 8.55. The highest BCUT2D eigenvalue weighted by molar-refractivity contribution is 5.71. The maximum Gasteiger partial charge on any atom is 0.308 e. The van der Waals surface area contributed by atoms with Crippen molar-refractivity contribution in [2.75, 3.05) is 26.3 Å². The van der Waals surface area contributed by atoms with Crippen LogP contribution in [-0.2, 0) is 9.53 Å². The Morgan fingerprint density at radius 3 is 3.08 bits per heavy atom. The molecule has 1 N–H and O–H groups in total. The van der Waals surface area contributed by atoms with Gasteiger partial charge in [-0.05, 0) is 13.0 Å². The summed E-state index contributed by atoms with van der Waals surface area (Å²) in [5.41, 5.74) is 0. The second kappa shape index (κ2) is 3.03. The SMILES string of the molecule is O=C(O)C1CCN2CCOCC12. The number of carboxylic acid groups (broad SMARTS) is 1. The van der Waals surface area contributed by atoms with E-state index in [2.05, 4.69) is 4.90 Å². The highest BCUT2D eigenvalue weighted by atomic mass is 16.5. The molecule has 0 spiro atoms. The predicted molar refractivity (Wildman–Crippen MR) is 41.9 cm³/mol. The first kappa shape index (κ1) is 8.01. The largest absolute Gasteiger partial charge is 0.481 e. The van der Waals surface area contributed by atoms with Crippen molar-refractivity contribution in [3.63, 3.8) is 0 Å². The number of morpholine rings is 1. The van der Waals surface area contributed by atoms with Gasteiger partial charge in [0.1, 0.15) is 0 Å². The monoisotopic (exact) mass is 171 g/mol. The maximum atomic E-state index is 10.8. The van der Waals surface area contributed by atoms with E-state index < -0.39 is 5.97 Å². The van der Waals surface area contributed by atoms with E-state index in [4.69, 9.17) is 9.84 Å². The molecule has 0 aromatic heterocycles. The summed E-state index contributed by atoms with van der Waals surface area (Å²) in [4.78, 5) is 13.0. The van der Waals surface area contributed by atoms with Crippen molar-refractivity contribution in [3.05, 3.63) is 0 Å². The lowest BCUT2D eigenvalue weighted by Crippen LogP contribution is -2.45. The Labute approximate surface area is 71.1 Å². The van der Waals surface area contributed by atoms with Crippen LogP contribution in [0.1, 0.15) is 6.42 Å².